The third-order valence-electron chi connectivity index (χ3n) is 2.65. The molecule has 20 heavy (non-hydrogen) atoms. The molecular formula is C13H19N5OS. The number of carbonyl (C=O) groups is 1. The summed E-state index contributed by atoms with van der Waals surface area (Å²) < 4.78 is 1.93. The summed E-state index contributed by atoms with van der Waals surface area (Å²) in [4.78, 5) is 20.5. The van der Waals surface area contributed by atoms with Crippen LogP contribution in [0.3, 0.4) is 0 Å². The smallest absolute Gasteiger partial charge is 0.277 e. The van der Waals surface area contributed by atoms with Gasteiger partial charge in [-0.25, -0.2) is 9.97 Å². The molecule has 0 saturated heterocycles. The van der Waals surface area contributed by atoms with Gasteiger partial charge in [-0.1, -0.05) is 13.8 Å². The van der Waals surface area contributed by atoms with Gasteiger partial charge in [0.15, 0.2) is 0 Å². The van der Waals surface area contributed by atoms with E-state index in [0.717, 1.165) is 11.6 Å². The highest BCUT2D eigenvalue weighted by molar-refractivity contribution is 7.09. The Morgan fingerprint density at radius 3 is 3.05 bits per heavy atom. The molecule has 1 amide bonds. The van der Waals surface area contributed by atoms with Crippen molar-refractivity contribution in [1.29, 1.82) is 0 Å². The Balaban J connectivity index is 2.05. The van der Waals surface area contributed by atoms with Crippen LogP contribution in [-0.4, -0.2) is 27.0 Å². The SMILES string of the molecule is CC(C)Cn1ccnc1NC(=O)c1csc(CCN)n1. The van der Waals surface area contributed by atoms with Crippen LogP contribution in [0.5, 0.6) is 0 Å². The molecular weight excluding hydrogens is 274 g/mol. The molecule has 2 aromatic rings. The van der Waals surface area contributed by atoms with Gasteiger partial charge < -0.3 is 10.3 Å². The number of hydrogen-bond donors (Lipinski definition) is 2. The van der Waals surface area contributed by atoms with E-state index in [-0.39, 0.29) is 5.91 Å². The highest BCUT2D eigenvalue weighted by Crippen LogP contribution is 2.13. The molecule has 0 spiro atoms. The lowest BCUT2D eigenvalue weighted by Gasteiger charge is -2.10. The first-order chi connectivity index (χ1) is 9.60. The predicted molar refractivity (Wildman–Crippen MR) is 79.9 cm³/mol. The second-order valence-corrected chi connectivity index (χ2v) is 5.86. The maximum atomic E-state index is 12.1. The van der Waals surface area contributed by atoms with Crippen LogP contribution in [0.2, 0.25) is 0 Å². The standard InChI is InChI=1S/C13H19N5OS/c1-9(2)7-18-6-5-15-13(18)17-12(19)10-8-20-11(16-10)3-4-14/h5-6,8-9H,3-4,7,14H2,1-2H3,(H,15,17,19). The lowest BCUT2D eigenvalue weighted by Crippen LogP contribution is -2.17. The van der Waals surface area contributed by atoms with Crippen molar-refractivity contribution in [1.82, 2.24) is 14.5 Å². The fourth-order valence-electron chi connectivity index (χ4n) is 1.79. The molecule has 0 aliphatic rings. The summed E-state index contributed by atoms with van der Waals surface area (Å²) in [7, 11) is 0. The lowest BCUT2D eigenvalue weighted by molar-refractivity contribution is 0.102. The lowest BCUT2D eigenvalue weighted by atomic mass is 10.2. The average Bonchev–Trinajstić information content (AvgIpc) is 2.99. The topological polar surface area (TPSA) is 85.8 Å². The van der Waals surface area contributed by atoms with Gasteiger partial charge in [-0.2, -0.15) is 0 Å². The molecule has 0 unspecified atom stereocenters. The zero-order chi connectivity index (χ0) is 14.5. The summed E-state index contributed by atoms with van der Waals surface area (Å²) in [5, 5.41) is 5.42. The number of imidazole rings is 1. The van der Waals surface area contributed by atoms with E-state index in [1.807, 2.05) is 10.8 Å². The fourth-order valence-corrected chi connectivity index (χ4v) is 2.59. The van der Waals surface area contributed by atoms with E-state index >= 15 is 0 Å². The number of nitrogens with two attached hydrogens (primary N) is 1. The van der Waals surface area contributed by atoms with Crippen molar-refractivity contribution < 1.29 is 4.79 Å². The van der Waals surface area contributed by atoms with Crippen LogP contribution in [0.1, 0.15) is 29.3 Å². The zero-order valence-electron chi connectivity index (χ0n) is 11.7. The Morgan fingerprint density at radius 1 is 1.55 bits per heavy atom. The summed E-state index contributed by atoms with van der Waals surface area (Å²) in [6.07, 6.45) is 4.23. The molecule has 0 aliphatic carbocycles. The number of nitrogens with one attached hydrogen (secondary N) is 1. The van der Waals surface area contributed by atoms with Gasteiger partial charge in [-0.05, 0) is 12.5 Å². The Hall–Kier alpha value is -1.73. The quantitative estimate of drug-likeness (QED) is 0.849. The third-order valence-corrected chi connectivity index (χ3v) is 3.55. The Labute approximate surface area is 122 Å². The molecule has 0 atom stereocenters. The summed E-state index contributed by atoms with van der Waals surface area (Å²) in [6.45, 7) is 5.58. The van der Waals surface area contributed by atoms with E-state index in [1.165, 1.54) is 11.3 Å². The number of aromatic nitrogens is 3. The third kappa shape index (κ3) is 3.64. The van der Waals surface area contributed by atoms with Gasteiger partial charge in [0.2, 0.25) is 5.95 Å². The summed E-state index contributed by atoms with van der Waals surface area (Å²) in [6, 6.07) is 0. The number of hydrogen-bond acceptors (Lipinski definition) is 5. The monoisotopic (exact) mass is 293 g/mol. The summed E-state index contributed by atoms with van der Waals surface area (Å²) in [5.74, 6) is 0.799. The van der Waals surface area contributed by atoms with Crippen molar-refractivity contribution in [2.24, 2.45) is 11.7 Å². The minimum absolute atomic E-state index is 0.235. The van der Waals surface area contributed by atoms with E-state index in [2.05, 4.69) is 29.1 Å². The molecule has 2 aromatic heterocycles. The fraction of sp³-hybridized carbons (Fsp3) is 0.462. The van der Waals surface area contributed by atoms with Crippen molar-refractivity contribution >= 4 is 23.2 Å². The summed E-state index contributed by atoms with van der Waals surface area (Å²) in [5.41, 5.74) is 5.89. The highest BCUT2D eigenvalue weighted by atomic mass is 32.1. The largest absolute Gasteiger partial charge is 0.330 e. The van der Waals surface area contributed by atoms with Crippen LogP contribution >= 0.6 is 11.3 Å². The molecule has 0 aromatic carbocycles. The van der Waals surface area contributed by atoms with E-state index in [0.29, 0.717) is 30.5 Å². The Kier molecular flexibility index (Phi) is 4.86. The first-order valence-corrected chi connectivity index (χ1v) is 7.45. The first kappa shape index (κ1) is 14.7. The van der Waals surface area contributed by atoms with Crippen LogP contribution < -0.4 is 11.1 Å². The van der Waals surface area contributed by atoms with Gasteiger partial charge in [0.25, 0.3) is 5.91 Å². The minimum Gasteiger partial charge on any atom is -0.330 e. The predicted octanol–water partition coefficient (Wildman–Crippen LogP) is 1.75. The maximum Gasteiger partial charge on any atom is 0.277 e. The van der Waals surface area contributed by atoms with Crippen LogP contribution in [0.4, 0.5) is 5.95 Å². The summed E-state index contributed by atoms with van der Waals surface area (Å²) >= 11 is 1.45. The van der Waals surface area contributed by atoms with Crippen molar-refractivity contribution in [3.63, 3.8) is 0 Å². The van der Waals surface area contributed by atoms with E-state index in [1.54, 1.807) is 11.6 Å². The number of rotatable bonds is 6. The van der Waals surface area contributed by atoms with Crippen LogP contribution in [0, 0.1) is 5.92 Å². The van der Waals surface area contributed by atoms with Gasteiger partial charge in [-0.3, -0.25) is 10.1 Å². The highest BCUT2D eigenvalue weighted by Gasteiger charge is 2.13. The Morgan fingerprint density at radius 2 is 2.35 bits per heavy atom. The maximum absolute atomic E-state index is 12.1. The zero-order valence-corrected chi connectivity index (χ0v) is 12.5. The molecule has 108 valence electrons. The van der Waals surface area contributed by atoms with Gasteiger partial charge in [0.05, 0.1) is 5.01 Å². The van der Waals surface area contributed by atoms with Crippen molar-refractivity contribution in [2.45, 2.75) is 26.8 Å². The average molecular weight is 293 g/mol. The van der Waals surface area contributed by atoms with Crippen LogP contribution in [-0.2, 0) is 13.0 Å². The normalized spacial score (nSPS) is 11.0. The van der Waals surface area contributed by atoms with E-state index < -0.39 is 0 Å². The van der Waals surface area contributed by atoms with Crippen LogP contribution in [0.15, 0.2) is 17.8 Å². The van der Waals surface area contributed by atoms with Gasteiger partial charge >= 0.3 is 0 Å². The molecule has 0 bridgehead atoms. The molecule has 6 nitrogen and oxygen atoms in total. The number of carbonyl (C=O) groups excluding carboxylic acids is 1. The number of amides is 1. The molecule has 7 heteroatoms. The van der Waals surface area contributed by atoms with E-state index in [9.17, 15) is 4.79 Å². The molecule has 2 heterocycles. The molecule has 0 fully saturated rings. The number of anilines is 1. The molecule has 3 N–H and O–H groups in total. The minimum atomic E-state index is -0.235. The number of thiazole rings is 1. The molecule has 0 aliphatic heterocycles. The van der Waals surface area contributed by atoms with Gasteiger partial charge in [0.1, 0.15) is 5.69 Å². The van der Waals surface area contributed by atoms with E-state index in [4.69, 9.17) is 5.73 Å². The second-order valence-electron chi connectivity index (χ2n) is 4.92. The van der Waals surface area contributed by atoms with Crippen molar-refractivity contribution in [2.75, 3.05) is 11.9 Å². The first-order valence-electron chi connectivity index (χ1n) is 6.57. The number of nitrogens with zero attached hydrogens (tertiary/aromatic N) is 3. The molecule has 0 saturated carbocycles. The van der Waals surface area contributed by atoms with Crippen molar-refractivity contribution in [3.8, 4) is 0 Å². The van der Waals surface area contributed by atoms with Crippen molar-refractivity contribution in [3.05, 3.63) is 28.5 Å². The second kappa shape index (κ2) is 6.62. The van der Waals surface area contributed by atoms with Crippen LogP contribution in [0.25, 0.3) is 0 Å². The molecule has 2 rings (SSSR count). The van der Waals surface area contributed by atoms with Gasteiger partial charge in [0, 0.05) is 30.7 Å². The molecule has 0 radical (unpaired) electrons. The van der Waals surface area contributed by atoms with Gasteiger partial charge in [-0.15, -0.1) is 11.3 Å². The Bertz CT molecular complexity index is 575.